The van der Waals surface area contributed by atoms with Crippen LogP contribution in [0.3, 0.4) is 0 Å². The average Bonchev–Trinajstić information content (AvgIpc) is 3.12. The fourth-order valence-electron chi connectivity index (χ4n) is 3.75. The molecule has 0 radical (unpaired) electrons. The van der Waals surface area contributed by atoms with Gasteiger partial charge in [0.05, 0.1) is 20.8 Å². The molecule has 0 saturated heterocycles. The lowest BCUT2D eigenvalue weighted by Crippen LogP contribution is -2.30. The molecule has 3 aromatic rings. The Kier molecular flexibility index (Phi) is 8.23. The fraction of sp³-hybridized carbons (Fsp3) is 0.308. The van der Waals surface area contributed by atoms with Gasteiger partial charge in [-0.3, -0.25) is 4.79 Å². The number of ether oxygens (including phenoxy) is 3. The highest BCUT2D eigenvalue weighted by molar-refractivity contribution is 6.30. The standard InChI is InChI=1S/C26H29ClN2O5/c1-6-34-26(31)24-16(2)23(17(3)28-24)15-29(14-18-7-9-20(27)10-8-18)25(30)19-11-21(32-4)13-22(12-19)33-5/h7-13,28H,6,14-15H2,1-5H3. The Balaban J connectivity index is 2.01. The number of aromatic nitrogens is 1. The van der Waals surface area contributed by atoms with E-state index in [1.54, 1.807) is 42.2 Å². The zero-order valence-electron chi connectivity index (χ0n) is 20.0. The second-order valence-corrected chi connectivity index (χ2v) is 8.27. The highest BCUT2D eigenvalue weighted by atomic mass is 35.5. The Hall–Kier alpha value is -3.45. The Morgan fingerprint density at radius 2 is 1.59 bits per heavy atom. The molecule has 7 nitrogen and oxygen atoms in total. The first-order valence-electron chi connectivity index (χ1n) is 10.9. The predicted octanol–water partition coefficient (Wildman–Crippen LogP) is 5.32. The maximum atomic E-state index is 13.7. The minimum atomic E-state index is -0.414. The summed E-state index contributed by atoms with van der Waals surface area (Å²) < 4.78 is 15.9. The van der Waals surface area contributed by atoms with Crippen LogP contribution < -0.4 is 9.47 Å². The second-order valence-electron chi connectivity index (χ2n) is 7.84. The summed E-state index contributed by atoms with van der Waals surface area (Å²) in [6, 6.07) is 12.4. The molecule has 2 aromatic carbocycles. The number of hydrogen-bond acceptors (Lipinski definition) is 5. The maximum absolute atomic E-state index is 13.7. The van der Waals surface area contributed by atoms with Crippen molar-refractivity contribution in [3.8, 4) is 11.5 Å². The lowest BCUT2D eigenvalue weighted by atomic mass is 10.1. The second kappa shape index (κ2) is 11.1. The van der Waals surface area contributed by atoms with E-state index in [1.807, 2.05) is 26.0 Å². The van der Waals surface area contributed by atoms with Crippen LogP contribution in [0.4, 0.5) is 0 Å². The van der Waals surface area contributed by atoms with E-state index in [0.717, 1.165) is 22.4 Å². The van der Waals surface area contributed by atoms with E-state index >= 15 is 0 Å². The summed E-state index contributed by atoms with van der Waals surface area (Å²) in [4.78, 5) is 30.9. The van der Waals surface area contributed by atoms with Gasteiger partial charge >= 0.3 is 5.97 Å². The summed E-state index contributed by atoms with van der Waals surface area (Å²) in [7, 11) is 3.08. The molecule has 0 aliphatic carbocycles. The lowest BCUT2D eigenvalue weighted by molar-refractivity contribution is 0.0519. The zero-order valence-corrected chi connectivity index (χ0v) is 20.8. The number of rotatable bonds is 9. The van der Waals surface area contributed by atoms with Crippen LogP contribution in [-0.4, -0.2) is 42.6 Å². The molecule has 8 heteroatoms. The minimum absolute atomic E-state index is 0.204. The number of esters is 1. The molecule has 0 unspecified atom stereocenters. The van der Waals surface area contributed by atoms with Gasteiger partial charge in [-0.05, 0) is 61.7 Å². The average molecular weight is 485 g/mol. The Bertz CT molecular complexity index is 1150. The molecular formula is C26H29ClN2O5. The van der Waals surface area contributed by atoms with Crippen LogP contribution >= 0.6 is 11.6 Å². The smallest absolute Gasteiger partial charge is 0.355 e. The number of hydrogen-bond donors (Lipinski definition) is 1. The Morgan fingerprint density at radius 1 is 0.971 bits per heavy atom. The van der Waals surface area contributed by atoms with E-state index in [1.165, 1.54) is 14.2 Å². The van der Waals surface area contributed by atoms with Gasteiger partial charge in [-0.1, -0.05) is 23.7 Å². The van der Waals surface area contributed by atoms with Crippen LogP contribution in [0.1, 0.15) is 50.2 Å². The number of nitrogens with zero attached hydrogens (tertiary/aromatic N) is 1. The molecule has 0 spiro atoms. The van der Waals surface area contributed by atoms with E-state index in [2.05, 4.69) is 4.98 Å². The van der Waals surface area contributed by atoms with Crippen molar-refractivity contribution in [2.45, 2.75) is 33.9 Å². The molecular weight excluding hydrogens is 456 g/mol. The van der Waals surface area contributed by atoms with Crippen molar-refractivity contribution in [2.75, 3.05) is 20.8 Å². The molecule has 0 atom stereocenters. The number of carbonyl (C=O) groups is 2. The monoisotopic (exact) mass is 484 g/mol. The molecule has 1 heterocycles. The molecule has 0 fully saturated rings. The van der Waals surface area contributed by atoms with Gasteiger partial charge < -0.3 is 24.1 Å². The lowest BCUT2D eigenvalue weighted by Gasteiger charge is -2.24. The topological polar surface area (TPSA) is 80.9 Å². The van der Waals surface area contributed by atoms with Crippen LogP contribution in [-0.2, 0) is 17.8 Å². The van der Waals surface area contributed by atoms with Crippen molar-refractivity contribution in [2.24, 2.45) is 0 Å². The number of halogens is 1. The summed E-state index contributed by atoms with van der Waals surface area (Å²) >= 11 is 6.05. The van der Waals surface area contributed by atoms with Crippen molar-refractivity contribution < 1.29 is 23.8 Å². The van der Waals surface area contributed by atoms with Crippen LogP contribution in [0, 0.1) is 13.8 Å². The molecule has 1 aromatic heterocycles. The molecule has 0 aliphatic heterocycles. The summed E-state index contributed by atoms with van der Waals surface area (Å²) in [5.74, 6) is 0.424. The first-order chi connectivity index (χ1) is 16.3. The number of methoxy groups -OCH3 is 2. The van der Waals surface area contributed by atoms with Gasteiger partial charge in [-0.2, -0.15) is 0 Å². The Labute approximate surface area is 204 Å². The normalized spacial score (nSPS) is 10.6. The van der Waals surface area contributed by atoms with E-state index in [0.29, 0.717) is 34.3 Å². The van der Waals surface area contributed by atoms with Crippen LogP contribution in [0.5, 0.6) is 11.5 Å². The molecule has 3 rings (SSSR count). The van der Waals surface area contributed by atoms with Crippen molar-refractivity contribution in [3.05, 3.63) is 81.1 Å². The van der Waals surface area contributed by atoms with E-state index in [-0.39, 0.29) is 19.1 Å². The fourth-order valence-corrected chi connectivity index (χ4v) is 3.87. The van der Waals surface area contributed by atoms with E-state index in [9.17, 15) is 9.59 Å². The van der Waals surface area contributed by atoms with Gasteiger partial charge in [0.15, 0.2) is 0 Å². The van der Waals surface area contributed by atoms with Crippen LogP contribution in [0.15, 0.2) is 42.5 Å². The summed E-state index contributed by atoms with van der Waals surface area (Å²) in [5, 5.41) is 0.621. The number of carbonyl (C=O) groups excluding carboxylic acids is 2. The summed E-state index contributed by atoms with van der Waals surface area (Å²) in [6.45, 7) is 6.40. The third-order valence-electron chi connectivity index (χ3n) is 5.59. The third kappa shape index (κ3) is 5.72. The van der Waals surface area contributed by atoms with Gasteiger partial charge in [0, 0.05) is 35.4 Å². The number of benzene rings is 2. The highest BCUT2D eigenvalue weighted by Crippen LogP contribution is 2.27. The third-order valence-corrected chi connectivity index (χ3v) is 5.85. The minimum Gasteiger partial charge on any atom is -0.497 e. The van der Waals surface area contributed by atoms with Crippen LogP contribution in [0.25, 0.3) is 0 Å². The molecule has 1 N–H and O–H groups in total. The number of aromatic amines is 1. The summed E-state index contributed by atoms with van der Waals surface area (Å²) in [6.07, 6.45) is 0. The van der Waals surface area contributed by atoms with Crippen LogP contribution in [0.2, 0.25) is 5.02 Å². The van der Waals surface area contributed by atoms with Crippen molar-refractivity contribution in [1.29, 1.82) is 0 Å². The Morgan fingerprint density at radius 3 is 2.15 bits per heavy atom. The largest absolute Gasteiger partial charge is 0.497 e. The first kappa shape index (κ1) is 25.2. The van der Waals surface area contributed by atoms with Gasteiger partial charge in [0.2, 0.25) is 0 Å². The van der Waals surface area contributed by atoms with Crippen molar-refractivity contribution in [1.82, 2.24) is 9.88 Å². The van der Waals surface area contributed by atoms with Gasteiger partial charge in [0.25, 0.3) is 5.91 Å². The molecule has 0 aliphatic rings. The maximum Gasteiger partial charge on any atom is 0.355 e. The number of nitrogens with one attached hydrogen (secondary N) is 1. The number of H-pyrrole nitrogens is 1. The van der Waals surface area contributed by atoms with Crippen molar-refractivity contribution in [3.63, 3.8) is 0 Å². The molecule has 180 valence electrons. The molecule has 0 saturated carbocycles. The molecule has 0 bridgehead atoms. The first-order valence-corrected chi connectivity index (χ1v) is 11.3. The number of aryl methyl sites for hydroxylation is 1. The molecule has 34 heavy (non-hydrogen) atoms. The summed E-state index contributed by atoms with van der Waals surface area (Å²) in [5.41, 5.74) is 4.17. The quantitative estimate of drug-likeness (QED) is 0.416. The van der Waals surface area contributed by atoms with E-state index in [4.69, 9.17) is 25.8 Å². The zero-order chi connectivity index (χ0) is 24.8. The predicted molar refractivity (Wildman–Crippen MR) is 131 cm³/mol. The highest BCUT2D eigenvalue weighted by Gasteiger charge is 2.24. The SMILES string of the molecule is CCOC(=O)c1[nH]c(C)c(CN(Cc2ccc(Cl)cc2)C(=O)c2cc(OC)cc(OC)c2)c1C. The van der Waals surface area contributed by atoms with Gasteiger partial charge in [-0.15, -0.1) is 0 Å². The molecule has 1 amide bonds. The van der Waals surface area contributed by atoms with Gasteiger partial charge in [-0.25, -0.2) is 4.79 Å². The van der Waals surface area contributed by atoms with Crippen molar-refractivity contribution >= 4 is 23.5 Å². The van der Waals surface area contributed by atoms with E-state index < -0.39 is 5.97 Å². The number of amides is 1. The van der Waals surface area contributed by atoms with Gasteiger partial charge in [0.1, 0.15) is 17.2 Å².